The van der Waals surface area contributed by atoms with E-state index in [9.17, 15) is 0 Å². The number of aromatic nitrogens is 2. The molecule has 112 valence electrons. The largest absolute Gasteiger partial charge is 0.478 e. The Morgan fingerprint density at radius 1 is 1.25 bits per heavy atom. The topological polar surface area (TPSA) is 47.0 Å². The van der Waals surface area contributed by atoms with Crippen LogP contribution < -0.4 is 10.1 Å². The van der Waals surface area contributed by atoms with Crippen LogP contribution in [0.5, 0.6) is 5.88 Å². The van der Waals surface area contributed by atoms with Crippen molar-refractivity contribution in [2.75, 3.05) is 18.5 Å². The van der Waals surface area contributed by atoms with Crippen LogP contribution in [-0.2, 0) is 6.42 Å². The highest BCUT2D eigenvalue weighted by Crippen LogP contribution is 2.29. The second-order valence-corrected chi connectivity index (χ2v) is 5.62. The van der Waals surface area contributed by atoms with Crippen molar-refractivity contribution in [1.82, 2.24) is 9.97 Å². The number of hydrogen-bond donors (Lipinski definition) is 1. The lowest BCUT2D eigenvalue weighted by Gasteiger charge is -2.24. The van der Waals surface area contributed by atoms with E-state index in [2.05, 4.69) is 29.1 Å². The molecular weight excluding hydrogens is 250 g/mol. The fourth-order valence-electron chi connectivity index (χ4n) is 2.34. The average Bonchev–Trinajstić information content (AvgIpc) is 2.39. The Balaban J connectivity index is 1.91. The molecule has 0 saturated heterocycles. The van der Waals surface area contributed by atoms with Gasteiger partial charge < -0.3 is 10.1 Å². The van der Waals surface area contributed by atoms with E-state index in [-0.39, 0.29) is 0 Å². The van der Waals surface area contributed by atoms with Crippen LogP contribution in [0.2, 0.25) is 0 Å². The molecule has 0 atom stereocenters. The van der Waals surface area contributed by atoms with Gasteiger partial charge in [-0.2, -0.15) is 4.98 Å². The van der Waals surface area contributed by atoms with Gasteiger partial charge in [0.15, 0.2) is 0 Å². The first kappa shape index (κ1) is 15.1. The number of nitrogens with zero attached hydrogens (tertiary/aromatic N) is 2. The fraction of sp³-hybridized carbons (Fsp3) is 0.750. The summed E-state index contributed by atoms with van der Waals surface area (Å²) < 4.78 is 5.83. The summed E-state index contributed by atoms with van der Waals surface area (Å²) in [6.45, 7) is 6.01. The van der Waals surface area contributed by atoms with Crippen LogP contribution >= 0.6 is 0 Å². The minimum absolute atomic E-state index is 0.723. The Morgan fingerprint density at radius 3 is 2.75 bits per heavy atom. The smallest absolute Gasteiger partial charge is 0.218 e. The van der Waals surface area contributed by atoms with Gasteiger partial charge in [0.1, 0.15) is 11.6 Å². The Labute approximate surface area is 122 Å². The summed E-state index contributed by atoms with van der Waals surface area (Å²) in [4.78, 5) is 9.03. The highest BCUT2D eigenvalue weighted by Gasteiger charge is 2.17. The quantitative estimate of drug-likeness (QED) is 0.745. The van der Waals surface area contributed by atoms with Gasteiger partial charge in [-0.25, -0.2) is 4.98 Å². The van der Waals surface area contributed by atoms with E-state index in [0.717, 1.165) is 62.3 Å². The first-order chi connectivity index (χ1) is 9.81. The Morgan fingerprint density at radius 2 is 2.10 bits per heavy atom. The summed E-state index contributed by atoms with van der Waals surface area (Å²) in [7, 11) is 0. The summed E-state index contributed by atoms with van der Waals surface area (Å²) in [6, 6.07) is 1.93. The first-order valence-corrected chi connectivity index (χ1v) is 8.06. The normalized spacial score (nSPS) is 14.9. The summed E-state index contributed by atoms with van der Waals surface area (Å²) >= 11 is 0. The van der Waals surface area contributed by atoms with Gasteiger partial charge in [0.05, 0.1) is 6.61 Å². The van der Waals surface area contributed by atoms with Crippen molar-refractivity contribution in [3.8, 4) is 5.88 Å². The van der Waals surface area contributed by atoms with Crippen molar-refractivity contribution >= 4 is 5.82 Å². The van der Waals surface area contributed by atoms with E-state index in [1.165, 1.54) is 19.3 Å². The molecule has 1 N–H and O–H groups in total. The highest BCUT2D eigenvalue weighted by molar-refractivity contribution is 5.38. The van der Waals surface area contributed by atoms with Gasteiger partial charge in [-0.05, 0) is 25.2 Å². The van der Waals surface area contributed by atoms with Crippen molar-refractivity contribution in [2.24, 2.45) is 5.92 Å². The SMILES string of the molecule is CCCNc1cc(OCCC2CCC2)nc(CCC)n1. The van der Waals surface area contributed by atoms with Crippen LogP contribution in [0.1, 0.15) is 58.2 Å². The van der Waals surface area contributed by atoms with Crippen molar-refractivity contribution < 1.29 is 4.74 Å². The zero-order chi connectivity index (χ0) is 14.2. The second kappa shape index (κ2) is 8.08. The predicted octanol–water partition coefficient (Wildman–Crippen LogP) is 3.82. The maximum absolute atomic E-state index is 5.83. The molecule has 1 fully saturated rings. The average molecular weight is 277 g/mol. The molecule has 20 heavy (non-hydrogen) atoms. The van der Waals surface area contributed by atoms with Gasteiger partial charge in [-0.1, -0.05) is 33.1 Å². The lowest BCUT2D eigenvalue weighted by atomic mass is 9.83. The third-order valence-electron chi connectivity index (χ3n) is 3.78. The van der Waals surface area contributed by atoms with E-state index in [0.29, 0.717) is 0 Å². The fourth-order valence-corrected chi connectivity index (χ4v) is 2.34. The highest BCUT2D eigenvalue weighted by atomic mass is 16.5. The van der Waals surface area contributed by atoms with Gasteiger partial charge in [0.2, 0.25) is 5.88 Å². The lowest BCUT2D eigenvalue weighted by molar-refractivity contribution is 0.217. The van der Waals surface area contributed by atoms with E-state index in [4.69, 9.17) is 4.74 Å². The molecule has 1 aromatic heterocycles. The number of aryl methyl sites for hydroxylation is 1. The Hall–Kier alpha value is -1.32. The molecule has 1 saturated carbocycles. The maximum atomic E-state index is 5.83. The molecule has 4 heteroatoms. The van der Waals surface area contributed by atoms with Crippen molar-refractivity contribution in [1.29, 1.82) is 0 Å². The van der Waals surface area contributed by atoms with Gasteiger partial charge in [-0.3, -0.25) is 0 Å². The van der Waals surface area contributed by atoms with Crippen LogP contribution in [0.3, 0.4) is 0 Å². The van der Waals surface area contributed by atoms with Crippen molar-refractivity contribution in [3.05, 3.63) is 11.9 Å². The second-order valence-electron chi connectivity index (χ2n) is 5.62. The van der Waals surface area contributed by atoms with Crippen LogP contribution in [0, 0.1) is 5.92 Å². The van der Waals surface area contributed by atoms with Gasteiger partial charge in [0.25, 0.3) is 0 Å². The van der Waals surface area contributed by atoms with E-state index >= 15 is 0 Å². The zero-order valence-corrected chi connectivity index (χ0v) is 12.8. The number of rotatable bonds is 9. The molecule has 1 aliphatic carbocycles. The monoisotopic (exact) mass is 277 g/mol. The minimum Gasteiger partial charge on any atom is -0.478 e. The molecule has 4 nitrogen and oxygen atoms in total. The summed E-state index contributed by atoms with van der Waals surface area (Å²) in [6.07, 6.45) is 8.34. The standard InChI is InChI=1S/C16H27N3O/c1-3-6-14-18-15(17-10-4-2)12-16(19-14)20-11-9-13-7-5-8-13/h12-13H,3-11H2,1-2H3,(H,17,18,19). The van der Waals surface area contributed by atoms with Gasteiger partial charge >= 0.3 is 0 Å². The third kappa shape index (κ3) is 4.66. The Bertz CT molecular complexity index is 405. The summed E-state index contributed by atoms with van der Waals surface area (Å²) in [5.41, 5.74) is 0. The van der Waals surface area contributed by atoms with Crippen molar-refractivity contribution in [2.45, 2.75) is 58.8 Å². The Kier molecular flexibility index (Phi) is 6.09. The molecule has 0 spiro atoms. The molecule has 1 aliphatic rings. The van der Waals surface area contributed by atoms with Crippen LogP contribution in [-0.4, -0.2) is 23.1 Å². The predicted molar refractivity (Wildman–Crippen MR) is 82.3 cm³/mol. The minimum atomic E-state index is 0.723. The first-order valence-electron chi connectivity index (χ1n) is 8.06. The van der Waals surface area contributed by atoms with Crippen LogP contribution in [0.4, 0.5) is 5.82 Å². The lowest BCUT2D eigenvalue weighted by Crippen LogP contribution is -2.15. The molecule has 0 bridgehead atoms. The summed E-state index contributed by atoms with van der Waals surface area (Å²) in [5.74, 6) is 3.38. The van der Waals surface area contributed by atoms with E-state index < -0.39 is 0 Å². The number of hydrogen-bond acceptors (Lipinski definition) is 4. The molecule has 0 radical (unpaired) electrons. The summed E-state index contributed by atoms with van der Waals surface area (Å²) in [5, 5.41) is 3.32. The molecule has 1 aromatic rings. The molecule has 2 rings (SSSR count). The van der Waals surface area contributed by atoms with E-state index in [1.54, 1.807) is 0 Å². The van der Waals surface area contributed by atoms with Gasteiger partial charge in [-0.15, -0.1) is 0 Å². The molecule has 1 heterocycles. The van der Waals surface area contributed by atoms with Crippen LogP contribution in [0.15, 0.2) is 6.07 Å². The number of nitrogens with one attached hydrogen (secondary N) is 1. The molecular formula is C16H27N3O. The molecule has 0 aromatic carbocycles. The van der Waals surface area contributed by atoms with E-state index in [1.807, 2.05) is 6.07 Å². The molecule has 0 unspecified atom stereocenters. The third-order valence-corrected chi connectivity index (χ3v) is 3.78. The van der Waals surface area contributed by atoms with Crippen molar-refractivity contribution in [3.63, 3.8) is 0 Å². The van der Waals surface area contributed by atoms with Gasteiger partial charge in [0, 0.05) is 19.0 Å². The molecule has 0 amide bonds. The zero-order valence-electron chi connectivity index (χ0n) is 12.8. The number of ether oxygens (including phenoxy) is 1. The number of anilines is 1. The maximum Gasteiger partial charge on any atom is 0.218 e. The molecule has 0 aliphatic heterocycles. The van der Waals surface area contributed by atoms with Crippen LogP contribution in [0.25, 0.3) is 0 Å².